The molecule has 7 nitrogen and oxygen atoms in total. The molecule has 0 saturated heterocycles. The van der Waals surface area contributed by atoms with Gasteiger partial charge in [0.2, 0.25) is 0 Å². The number of hydrogen-bond acceptors (Lipinski definition) is 5. The van der Waals surface area contributed by atoms with Crippen molar-refractivity contribution in [2.24, 2.45) is 0 Å². The quantitative estimate of drug-likeness (QED) is 0.686. The summed E-state index contributed by atoms with van der Waals surface area (Å²) in [4.78, 5) is 38.9. The summed E-state index contributed by atoms with van der Waals surface area (Å²) in [6.07, 6.45) is 0.209. The second-order valence-electron chi connectivity index (χ2n) is 6.87. The normalized spacial score (nSPS) is 15.7. The van der Waals surface area contributed by atoms with Crippen LogP contribution in [-0.2, 0) is 4.79 Å². The van der Waals surface area contributed by atoms with E-state index >= 15 is 0 Å². The molecule has 4 rings (SSSR count). The van der Waals surface area contributed by atoms with Gasteiger partial charge in [0.15, 0.2) is 6.10 Å². The molecule has 1 N–H and O–H groups in total. The first-order chi connectivity index (χ1) is 14.0. The summed E-state index contributed by atoms with van der Waals surface area (Å²) in [6, 6.07) is 13.6. The molecular formula is C22H20N2O5. The second-order valence-corrected chi connectivity index (χ2v) is 6.87. The number of nitrogens with zero attached hydrogens (tertiary/aromatic N) is 1. The average molecular weight is 392 g/mol. The van der Waals surface area contributed by atoms with Crippen molar-refractivity contribution in [3.05, 3.63) is 64.5 Å². The van der Waals surface area contributed by atoms with Gasteiger partial charge in [0.1, 0.15) is 16.9 Å². The van der Waals surface area contributed by atoms with Gasteiger partial charge in [-0.25, -0.2) is 4.79 Å². The molecule has 3 aromatic rings. The average Bonchev–Trinajstić information content (AvgIpc) is 2.70. The van der Waals surface area contributed by atoms with Crippen molar-refractivity contribution in [3.63, 3.8) is 0 Å². The highest BCUT2D eigenvalue weighted by Gasteiger charge is 2.31. The molecule has 0 spiro atoms. The first kappa shape index (κ1) is 18.7. The monoisotopic (exact) mass is 392 g/mol. The Labute approximate surface area is 166 Å². The zero-order chi connectivity index (χ0) is 20.5. The summed E-state index contributed by atoms with van der Waals surface area (Å²) in [7, 11) is 0. The third-order valence-corrected chi connectivity index (χ3v) is 4.76. The van der Waals surface area contributed by atoms with E-state index in [2.05, 4.69) is 5.32 Å². The van der Waals surface area contributed by atoms with Gasteiger partial charge in [0, 0.05) is 23.7 Å². The van der Waals surface area contributed by atoms with Crippen LogP contribution in [0.25, 0.3) is 11.0 Å². The van der Waals surface area contributed by atoms with E-state index in [0.717, 1.165) is 6.42 Å². The Morgan fingerprint density at radius 1 is 1.14 bits per heavy atom. The molecule has 1 unspecified atom stereocenters. The molecule has 1 aliphatic heterocycles. The van der Waals surface area contributed by atoms with Crippen molar-refractivity contribution < 1.29 is 18.7 Å². The third kappa shape index (κ3) is 3.47. The lowest BCUT2D eigenvalue weighted by molar-refractivity contribution is -0.125. The van der Waals surface area contributed by atoms with E-state index in [1.54, 1.807) is 54.3 Å². The van der Waals surface area contributed by atoms with E-state index in [-0.39, 0.29) is 11.5 Å². The van der Waals surface area contributed by atoms with E-state index in [1.807, 2.05) is 6.92 Å². The van der Waals surface area contributed by atoms with Gasteiger partial charge in [-0.2, -0.15) is 0 Å². The zero-order valence-corrected chi connectivity index (χ0v) is 16.1. The largest absolute Gasteiger partial charge is 0.479 e. The van der Waals surface area contributed by atoms with E-state index in [9.17, 15) is 14.4 Å². The molecule has 2 amide bonds. The number of para-hydroxylation sites is 1. The summed E-state index contributed by atoms with van der Waals surface area (Å²) < 4.78 is 10.9. The minimum Gasteiger partial charge on any atom is -0.479 e. The summed E-state index contributed by atoms with van der Waals surface area (Å²) in [5.41, 5.74) is 0.755. The molecule has 1 aromatic heterocycles. The highest BCUT2D eigenvalue weighted by atomic mass is 16.5. The molecular weight excluding hydrogens is 372 g/mol. The van der Waals surface area contributed by atoms with Crippen LogP contribution in [-0.4, -0.2) is 24.5 Å². The lowest BCUT2D eigenvalue weighted by Gasteiger charge is -2.33. The second kappa shape index (κ2) is 7.43. The minimum atomic E-state index is -0.705. The Bertz CT molecular complexity index is 1170. The van der Waals surface area contributed by atoms with Crippen LogP contribution in [0.15, 0.2) is 57.7 Å². The SMILES string of the molecule is CCCN1C(=O)C(C)Oc2cc(NC(=O)c3cc4ccccc4oc3=O)ccc21. The van der Waals surface area contributed by atoms with Crippen molar-refractivity contribution in [1.82, 2.24) is 0 Å². The third-order valence-electron chi connectivity index (χ3n) is 4.76. The van der Waals surface area contributed by atoms with Crippen LogP contribution in [0.5, 0.6) is 5.75 Å². The van der Waals surface area contributed by atoms with E-state index < -0.39 is 17.6 Å². The van der Waals surface area contributed by atoms with Crippen LogP contribution in [0.3, 0.4) is 0 Å². The molecule has 148 valence electrons. The van der Waals surface area contributed by atoms with E-state index in [4.69, 9.17) is 9.15 Å². The lowest BCUT2D eigenvalue weighted by atomic mass is 10.1. The fraction of sp³-hybridized carbons (Fsp3) is 0.227. The summed E-state index contributed by atoms with van der Waals surface area (Å²) in [5, 5.41) is 3.37. The molecule has 0 saturated carbocycles. The zero-order valence-electron chi connectivity index (χ0n) is 16.1. The number of benzene rings is 2. The predicted octanol–water partition coefficient (Wildman–Crippen LogP) is 3.57. The molecule has 0 radical (unpaired) electrons. The van der Waals surface area contributed by atoms with Crippen LogP contribution >= 0.6 is 0 Å². The number of nitrogens with one attached hydrogen (secondary N) is 1. The van der Waals surface area contributed by atoms with Gasteiger partial charge in [-0.05, 0) is 37.6 Å². The molecule has 0 aliphatic carbocycles. The highest BCUT2D eigenvalue weighted by Crippen LogP contribution is 2.36. The van der Waals surface area contributed by atoms with Gasteiger partial charge >= 0.3 is 5.63 Å². The summed E-state index contributed by atoms with van der Waals surface area (Å²) in [5.74, 6) is -0.159. The first-order valence-electron chi connectivity index (χ1n) is 9.44. The van der Waals surface area contributed by atoms with Crippen LogP contribution in [0.1, 0.15) is 30.6 Å². The van der Waals surface area contributed by atoms with Crippen molar-refractivity contribution >= 4 is 34.2 Å². The smallest absolute Gasteiger partial charge is 0.349 e. The topological polar surface area (TPSA) is 88.8 Å². The molecule has 29 heavy (non-hydrogen) atoms. The Morgan fingerprint density at radius 2 is 1.93 bits per heavy atom. The van der Waals surface area contributed by atoms with Crippen molar-refractivity contribution in [2.75, 3.05) is 16.8 Å². The van der Waals surface area contributed by atoms with Crippen molar-refractivity contribution in [1.29, 1.82) is 0 Å². The van der Waals surface area contributed by atoms with Gasteiger partial charge in [-0.3, -0.25) is 9.59 Å². The maximum Gasteiger partial charge on any atom is 0.349 e. The number of carbonyl (C=O) groups is 2. The molecule has 1 aliphatic rings. The van der Waals surface area contributed by atoms with Crippen LogP contribution < -0.4 is 20.6 Å². The van der Waals surface area contributed by atoms with Gasteiger partial charge in [0.25, 0.3) is 11.8 Å². The standard InChI is InChI=1S/C22H20N2O5/c1-3-10-24-17-9-8-15(12-19(17)28-13(2)21(24)26)23-20(25)16-11-14-6-4-5-7-18(14)29-22(16)27/h4-9,11-13H,3,10H2,1-2H3,(H,23,25). The van der Waals surface area contributed by atoms with Crippen LogP contribution in [0.2, 0.25) is 0 Å². The molecule has 7 heteroatoms. The number of ether oxygens (including phenoxy) is 1. The molecule has 0 fully saturated rings. The lowest BCUT2D eigenvalue weighted by Crippen LogP contribution is -2.44. The van der Waals surface area contributed by atoms with Crippen molar-refractivity contribution in [3.8, 4) is 5.75 Å². The number of carbonyl (C=O) groups excluding carboxylic acids is 2. The maximum atomic E-state index is 12.7. The predicted molar refractivity (Wildman–Crippen MR) is 110 cm³/mol. The Hall–Kier alpha value is -3.61. The van der Waals surface area contributed by atoms with Crippen LogP contribution in [0.4, 0.5) is 11.4 Å². The minimum absolute atomic E-state index is 0.0847. The van der Waals surface area contributed by atoms with E-state index in [1.165, 1.54) is 6.07 Å². The number of anilines is 2. The van der Waals surface area contributed by atoms with Gasteiger partial charge in [-0.15, -0.1) is 0 Å². The van der Waals surface area contributed by atoms with Gasteiger partial charge in [0.05, 0.1) is 5.69 Å². The fourth-order valence-electron chi connectivity index (χ4n) is 3.36. The molecule has 2 aromatic carbocycles. The van der Waals surface area contributed by atoms with Crippen molar-refractivity contribution in [2.45, 2.75) is 26.4 Å². The van der Waals surface area contributed by atoms with Gasteiger partial charge < -0.3 is 19.4 Å². The maximum absolute atomic E-state index is 12.7. The Balaban J connectivity index is 1.63. The number of hydrogen-bond donors (Lipinski definition) is 1. The number of rotatable bonds is 4. The summed E-state index contributed by atoms with van der Waals surface area (Å²) in [6.45, 7) is 4.28. The molecule has 0 bridgehead atoms. The number of amides is 2. The summed E-state index contributed by atoms with van der Waals surface area (Å²) >= 11 is 0. The molecule has 2 heterocycles. The Kier molecular flexibility index (Phi) is 4.80. The first-order valence-corrected chi connectivity index (χ1v) is 9.44. The highest BCUT2D eigenvalue weighted by molar-refractivity contribution is 6.06. The van der Waals surface area contributed by atoms with Crippen LogP contribution in [0, 0.1) is 0 Å². The fourth-order valence-corrected chi connectivity index (χ4v) is 3.36. The van der Waals surface area contributed by atoms with Gasteiger partial charge in [-0.1, -0.05) is 25.1 Å². The molecule has 1 atom stereocenters. The van der Waals surface area contributed by atoms with E-state index in [0.29, 0.717) is 34.6 Å². The number of fused-ring (bicyclic) bond motifs is 2. The Morgan fingerprint density at radius 3 is 2.72 bits per heavy atom.